The summed E-state index contributed by atoms with van der Waals surface area (Å²) < 4.78 is 0. The van der Waals surface area contributed by atoms with Crippen LogP contribution in [0.5, 0.6) is 0 Å². The first-order valence-electron chi connectivity index (χ1n) is 4.68. The Morgan fingerprint density at radius 3 is 2.18 bits per heavy atom. The number of nitrogens with one attached hydrogen (secondary N) is 1. The Morgan fingerprint density at radius 1 is 1.24 bits per heavy atom. The van der Waals surface area contributed by atoms with Crippen LogP contribution >= 0.6 is 31.9 Å². The molecule has 0 spiro atoms. The minimum absolute atomic E-state index is 0.546. The number of carboxylic acid groups (broad SMARTS) is 1. The van der Waals surface area contributed by atoms with Crippen LogP contribution in [0, 0.1) is 0 Å². The number of aromatic nitrogens is 1. The highest BCUT2D eigenvalue weighted by Gasteiger charge is 2.09. The lowest BCUT2D eigenvalue weighted by atomic mass is 10.2. The van der Waals surface area contributed by atoms with Gasteiger partial charge in [-0.2, -0.15) is 0 Å². The van der Waals surface area contributed by atoms with Gasteiger partial charge in [-0.25, -0.2) is 0 Å². The van der Waals surface area contributed by atoms with E-state index < -0.39 is 18.3 Å². The fraction of sp³-hybridized carbons (Fsp3) is 0.300. The smallest absolute Gasteiger partial charge is 0.312 e. The van der Waals surface area contributed by atoms with E-state index in [1.165, 1.54) is 0 Å². The van der Waals surface area contributed by atoms with Crippen molar-refractivity contribution in [1.29, 1.82) is 0 Å². The van der Waals surface area contributed by atoms with Gasteiger partial charge in [0.15, 0.2) is 0 Å². The summed E-state index contributed by atoms with van der Waals surface area (Å²) in [6.07, 6.45) is -0.546. The van der Waals surface area contributed by atoms with E-state index in [0.717, 1.165) is 11.4 Å². The standard InChI is InChI=1S/C10H10Br2N2O3/c11-4-7-1-6(2-8(5-12)13-7)14-9(15)3-10(16)17/h1-2H,3-5H2,(H,16,17)(H,13,14,15). The normalized spacial score (nSPS) is 10.0. The van der Waals surface area contributed by atoms with Crippen LogP contribution in [-0.4, -0.2) is 22.0 Å². The van der Waals surface area contributed by atoms with Crippen molar-refractivity contribution in [2.75, 3.05) is 5.32 Å². The van der Waals surface area contributed by atoms with E-state index in [0.29, 0.717) is 16.3 Å². The Balaban J connectivity index is 2.82. The third-order valence-corrected chi connectivity index (χ3v) is 2.95. The second-order valence-corrected chi connectivity index (χ2v) is 4.35. The molecule has 17 heavy (non-hydrogen) atoms. The number of rotatable bonds is 5. The molecule has 7 heteroatoms. The Hall–Kier alpha value is -0.950. The van der Waals surface area contributed by atoms with Gasteiger partial charge in [0, 0.05) is 16.3 Å². The van der Waals surface area contributed by atoms with E-state index >= 15 is 0 Å². The van der Waals surface area contributed by atoms with Gasteiger partial charge in [0.05, 0.1) is 11.4 Å². The Kier molecular flexibility index (Phi) is 5.57. The summed E-state index contributed by atoms with van der Waals surface area (Å²) in [7, 11) is 0. The van der Waals surface area contributed by atoms with Gasteiger partial charge in [-0.15, -0.1) is 0 Å². The van der Waals surface area contributed by atoms with E-state index in [1.54, 1.807) is 12.1 Å². The Labute approximate surface area is 115 Å². The van der Waals surface area contributed by atoms with Crippen LogP contribution in [0.3, 0.4) is 0 Å². The van der Waals surface area contributed by atoms with Crippen molar-refractivity contribution in [3.05, 3.63) is 23.5 Å². The quantitative estimate of drug-likeness (QED) is 0.619. The number of halogens is 2. The van der Waals surface area contributed by atoms with Gasteiger partial charge in [-0.1, -0.05) is 31.9 Å². The molecule has 0 aliphatic heterocycles. The second-order valence-electron chi connectivity index (χ2n) is 3.22. The van der Waals surface area contributed by atoms with E-state index in [4.69, 9.17) is 5.11 Å². The number of pyridine rings is 1. The van der Waals surface area contributed by atoms with E-state index in [-0.39, 0.29) is 0 Å². The maximum Gasteiger partial charge on any atom is 0.312 e. The summed E-state index contributed by atoms with van der Waals surface area (Å²) in [5, 5.41) is 12.1. The van der Waals surface area contributed by atoms with Crippen molar-refractivity contribution >= 4 is 49.4 Å². The minimum Gasteiger partial charge on any atom is -0.481 e. The van der Waals surface area contributed by atoms with Gasteiger partial charge in [0.2, 0.25) is 5.91 Å². The van der Waals surface area contributed by atoms with Gasteiger partial charge in [0.1, 0.15) is 6.42 Å². The molecule has 0 aromatic carbocycles. The summed E-state index contributed by atoms with van der Waals surface area (Å²) in [5.74, 6) is -1.71. The number of carbonyl (C=O) groups is 2. The minimum atomic E-state index is -1.15. The molecule has 5 nitrogen and oxygen atoms in total. The molecule has 0 aliphatic carbocycles. The molecule has 0 saturated heterocycles. The SMILES string of the molecule is O=C(O)CC(=O)Nc1cc(CBr)nc(CBr)c1. The Morgan fingerprint density at radius 2 is 1.76 bits per heavy atom. The van der Waals surface area contributed by atoms with Gasteiger partial charge in [0.25, 0.3) is 0 Å². The number of nitrogens with zero attached hydrogens (tertiary/aromatic N) is 1. The molecular weight excluding hydrogens is 356 g/mol. The molecule has 1 aromatic heterocycles. The number of amides is 1. The van der Waals surface area contributed by atoms with Gasteiger partial charge < -0.3 is 10.4 Å². The predicted molar refractivity (Wildman–Crippen MR) is 70.4 cm³/mol. The molecule has 0 fully saturated rings. The third-order valence-electron chi connectivity index (χ3n) is 1.80. The van der Waals surface area contributed by atoms with Crippen molar-refractivity contribution in [2.24, 2.45) is 0 Å². The zero-order chi connectivity index (χ0) is 12.8. The second kappa shape index (κ2) is 6.70. The first-order chi connectivity index (χ1) is 8.05. The van der Waals surface area contributed by atoms with Crippen LogP contribution in [0.4, 0.5) is 5.69 Å². The molecule has 1 aromatic rings. The topological polar surface area (TPSA) is 79.3 Å². The lowest BCUT2D eigenvalue weighted by Crippen LogP contribution is -2.16. The van der Waals surface area contributed by atoms with Crippen molar-refractivity contribution in [1.82, 2.24) is 4.98 Å². The number of alkyl halides is 2. The number of anilines is 1. The lowest BCUT2D eigenvalue weighted by molar-refractivity contribution is -0.139. The average molecular weight is 366 g/mol. The molecule has 0 atom stereocenters. The van der Waals surface area contributed by atoms with E-state index in [9.17, 15) is 9.59 Å². The average Bonchev–Trinajstić information content (AvgIpc) is 2.27. The summed E-state index contributed by atoms with van der Waals surface area (Å²) >= 11 is 6.55. The molecule has 0 aliphatic rings. The third kappa shape index (κ3) is 4.82. The van der Waals surface area contributed by atoms with Crippen molar-refractivity contribution in [3.8, 4) is 0 Å². The highest BCUT2D eigenvalue weighted by Crippen LogP contribution is 2.16. The molecule has 0 saturated carbocycles. The monoisotopic (exact) mass is 364 g/mol. The highest BCUT2D eigenvalue weighted by molar-refractivity contribution is 9.08. The van der Waals surface area contributed by atoms with Crippen molar-refractivity contribution in [3.63, 3.8) is 0 Å². The number of carbonyl (C=O) groups excluding carboxylic acids is 1. The van der Waals surface area contributed by atoms with Crippen LogP contribution in [-0.2, 0) is 20.2 Å². The van der Waals surface area contributed by atoms with Crippen molar-refractivity contribution in [2.45, 2.75) is 17.1 Å². The van der Waals surface area contributed by atoms with Crippen LogP contribution in [0.25, 0.3) is 0 Å². The largest absolute Gasteiger partial charge is 0.481 e. The maximum absolute atomic E-state index is 11.3. The summed E-state index contributed by atoms with van der Waals surface area (Å²) in [6.45, 7) is 0. The zero-order valence-electron chi connectivity index (χ0n) is 8.74. The van der Waals surface area contributed by atoms with Crippen LogP contribution in [0.2, 0.25) is 0 Å². The molecule has 0 unspecified atom stereocenters. The maximum atomic E-state index is 11.3. The fourth-order valence-electron chi connectivity index (χ4n) is 1.20. The number of hydrogen-bond acceptors (Lipinski definition) is 3. The summed E-state index contributed by atoms with van der Waals surface area (Å²) in [4.78, 5) is 25.9. The van der Waals surface area contributed by atoms with Crippen LogP contribution < -0.4 is 5.32 Å². The molecule has 2 N–H and O–H groups in total. The fourth-order valence-corrected chi connectivity index (χ4v) is 1.78. The van der Waals surface area contributed by atoms with Gasteiger partial charge in [-0.05, 0) is 12.1 Å². The lowest BCUT2D eigenvalue weighted by Gasteiger charge is -2.07. The molecule has 1 heterocycles. The molecule has 92 valence electrons. The Bertz CT molecular complexity index is 415. The summed E-state index contributed by atoms with van der Waals surface area (Å²) in [6, 6.07) is 3.39. The first kappa shape index (κ1) is 14.1. The molecule has 0 bridgehead atoms. The van der Waals surface area contributed by atoms with Crippen molar-refractivity contribution < 1.29 is 14.7 Å². The molecule has 0 radical (unpaired) electrons. The number of carboxylic acids is 1. The van der Waals surface area contributed by atoms with Gasteiger partial charge >= 0.3 is 5.97 Å². The number of hydrogen-bond donors (Lipinski definition) is 2. The van der Waals surface area contributed by atoms with Gasteiger partial charge in [-0.3, -0.25) is 14.6 Å². The zero-order valence-corrected chi connectivity index (χ0v) is 11.9. The highest BCUT2D eigenvalue weighted by atomic mass is 79.9. The van der Waals surface area contributed by atoms with E-state index in [2.05, 4.69) is 42.2 Å². The number of aliphatic carboxylic acids is 1. The molecular formula is C10H10Br2N2O3. The molecule has 1 rings (SSSR count). The van der Waals surface area contributed by atoms with E-state index in [1.807, 2.05) is 0 Å². The van der Waals surface area contributed by atoms with Crippen LogP contribution in [0.1, 0.15) is 17.8 Å². The first-order valence-corrected chi connectivity index (χ1v) is 6.93. The predicted octanol–water partition coefficient (Wildman–Crippen LogP) is 2.28. The molecule has 1 amide bonds. The van der Waals surface area contributed by atoms with Crippen LogP contribution in [0.15, 0.2) is 12.1 Å². The summed E-state index contributed by atoms with van der Waals surface area (Å²) in [5.41, 5.74) is 2.09.